The molecule has 46 heavy (non-hydrogen) atoms. The van der Waals surface area contributed by atoms with Crippen LogP contribution in [-0.4, -0.2) is 71.3 Å². The molecule has 11 heteroatoms. The number of nitro groups is 1. The third kappa shape index (κ3) is 10.9. The van der Waals surface area contributed by atoms with E-state index in [4.69, 9.17) is 24.1 Å². The Morgan fingerprint density at radius 3 is 1.98 bits per heavy atom. The zero-order chi connectivity index (χ0) is 33.8. The topological polar surface area (TPSA) is 58.6 Å². The molecule has 1 aliphatic rings. The van der Waals surface area contributed by atoms with Crippen LogP contribution in [-0.2, 0) is 13.5 Å². The molecule has 1 heterocycles. The number of aryl methyl sites for hydroxylation is 6. The molecule has 0 N–H and O–H groups in total. The van der Waals surface area contributed by atoms with Crippen molar-refractivity contribution < 1.29 is 44.6 Å². The fourth-order valence-corrected chi connectivity index (χ4v) is 7.80. The summed E-state index contributed by atoms with van der Waals surface area (Å²) in [5.74, 6) is 0.561. The van der Waals surface area contributed by atoms with Gasteiger partial charge in [-0.05, 0) is 41.5 Å². The molecule has 3 aromatic carbocycles. The van der Waals surface area contributed by atoms with Crippen LogP contribution in [0.2, 0.25) is 0 Å². The Balaban J connectivity index is 0.000000353. The second kappa shape index (κ2) is 16.7. The van der Waals surface area contributed by atoms with Gasteiger partial charge >= 0.3 is 112 Å². The molecule has 0 aromatic heterocycles. The van der Waals surface area contributed by atoms with E-state index in [9.17, 15) is 10.1 Å². The van der Waals surface area contributed by atoms with E-state index < -0.39 is 18.4 Å². The molecule has 1 aliphatic heterocycles. The molecule has 0 aliphatic carbocycles. The zero-order valence-electron chi connectivity index (χ0n) is 28.7. The average molecular weight is 779 g/mol. The van der Waals surface area contributed by atoms with Crippen LogP contribution in [0.15, 0.2) is 42.5 Å². The van der Waals surface area contributed by atoms with E-state index in [-0.39, 0.29) is 24.2 Å². The van der Waals surface area contributed by atoms with Crippen molar-refractivity contribution in [2.24, 2.45) is 0 Å². The van der Waals surface area contributed by atoms with Crippen LogP contribution in [0, 0.1) is 51.7 Å². The first kappa shape index (κ1) is 39.8. The number of nitro benzene ring substituents is 1. The number of hydrogen-bond acceptors (Lipinski definition) is 4. The molecule has 0 saturated carbocycles. The smallest absolute Gasteiger partial charge is 0.207 e. The maximum Gasteiger partial charge on any atom is 0.207 e. The Kier molecular flexibility index (Phi) is 14.4. The Hall–Kier alpha value is -2.35. The molecular weight excluding hydrogens is 732 g/mol. The molecule has 3 aromatic rings. The summed E-state index contributed by atoms with van der Waals surface area (Å²) >= 11 is -2.05. The number of quaternary nitrogens is 1. The fraction of sp³-hybridized carbons (Fsp3) is 0.429. The molecule has 1 unspecified atom stereocenters. The summed E-state index contributed by atoms with van der Waals surface area (Å²) < 4.78 is 10.5. The van der Waals surface area contributed by atoms with Gasteiger partial charge in [-0.15, -0.1) is 0 Å². The quantitative estimate of drug-likeness (QED) is 0.0795. The number of benzene rings is 3. The van der Waals surface area contributed by atoms with Crippen molar-refractivity contribution in [3.05, 3.63) is 91.5 Å². The van der Waals surface area contributed by atoms with Gasteiger partial charge in [-0.1, -0.05) is 57.6 Å². The first-order chi connectivity index (χ1) is 20.9. The number of nitrogens with zero attached hydrogens (tertiary/aromatic N) is 4. The van der Waals surface area contributed by atoms with Crippen LogP contribution in [0.5, 0.6) is 5.75 Å². The maximum absolute atomic E-state index is 10.7. The minimum Gasteiger partial charge on any atom is -1.00 e. The molecule has 0 radical (unpaired) electrons. The molecule has 0 spiro atoms. The molecule has 7 nitrogen and oxygen atoms in total. The van der Waals surface area contributed by atoms with Gasteiger partial charge in [0.05, 0.1) is 21.1 Å². The Labute approximate surface area is 294 Å². The van der Waals surface area contributed by atoms with Gasteiger partial charge in [0, 0.05) is 11.4 Å². The second-order valence-corrected chi connectivity index (χ2v) is 18.9. The van der Waals surface area contributed by atoms with E-state index in [0.717, 1.165) is 17.6 Å². The third-order valence-corrected chi connectivity index (χ3v) is 9.11. The van der Waals surface area contributed by atoms with Crippen molar-refractivity contribution in [1.82, 2.24) is 0 Å². The van der Waals surface area contributed by atoms with Crippen LogP contribution < -0.4 is 22.0 Å². The molecular formula is C35H47Cl3N4O3Ru. The van der Waals surface area contributed by atoms with E-state index in [1.54, 1.807) is 10.7 Å². The predicted octanol–water partition coefficient (Wildman–Crippen LogP) is 5.14. The van der Waals surface area contributed by atoms with E-state index in [1.807, 2.05) is 13.8 Å². The molecule has 254 valence electrons. The zero-order valence-corrected chi connectivity index (χ0v) is 32.7. The van der Waals surface area contributed by atoms with Crippen molar-refractivity contribution in [2.45, 2.75) is 67.5 Å². The minimum absolute atomic E-state index is 0. The normalized spacial score (nSPS) is 14.7. The van der Waals surface area contributed by atoms with Gasteiger partial charge in [-0.3, -0.25) is 0 Å². The maximum atomic E-state index is 10.7. The average Bonchev–Trinajstić information content (AvgIpc) is 3.24. The van der Waals surface area contributed by atoms with Gasteiger partial charge in [0.2, 0.25) is 6.34 Å². The van der Waals surface area contributed by atoms with Gasteiger partial charge in [0.1, 0.15) is 13.1 Å². The second-order valence-electron chi connectivity index (χ2n) is 13.2. The van der Waals surface area contributed by atoms with Crippen molar-refractivity contribution in [2.75, 3.05) is 39.1 Å². The largest absolute Gasteiger partial charge is 1.00 e. The summed E-state index contributed by atoms with van der Waals surface area (Å²) in [7, 11) is 18.4. The van der Waals surface area contributed by atoms with E-state index in [2.05, 4.69) is 103 Å². The predicted molar refractivity (Wildman–Crippen MR) is 186 cm³/mol. The van der Waals surface area contributed by atoms with Crippen LogP contribution in [0.3, 0.4) is 0 Å². The Bertz CT molecular complexity index is 1580. The monoisotopic (exact) mass is 778 g/mol. The van der Waals surface area contributed by atoms with Gasteiger partial charge in [-0.25, -0.2) is 0 Å². The van der Waals surface area contributed by atoms with Crippen LogP contribution >= 0.6 is 19.4 Å². The van der Waals surface area contributed by atoms with Crippen LogP contribution in [0.4, 0.5) is 17.1 Å². The number of rotatable bonds is 8. The number of halogens is 3. The van der Waals surface area contributed by atoms with Crippen LogP contribution in [0.1, 0.15) is 52.8 Å². The molecule has 4 rings (SSSR count). The summed E-state index contributed by atoms with van der Waals surface area (Å²) in [4.78, 5) is 12.6. The first-order valence-corrected chi connectivity index (χ1v) is 20.4. The van der Waals surface area contributed by atoms with E-state index >= 15 is 0 Å². The fourth-order valence-electron chi connectivity index (χ4n) is 6.01. The van der Waals surface area contributed by atoms with Gasteiger partial charge in [0.15, 0.2) is 6.04 Å². The number of likely N-dealkylation sites (N-methyl/N-ethyl adjacent to an activating group) is 1. The SMILES string of the molecule is CC(C)Oc1ccc([N+](=O)[O-])cc1[CH]=[Ru]([Cl])[Cl].Cc1cc(C)c(N2[C-]=[N+](c3c(C)cc(C)cc3C)C(C[N+](C)(C)C)C2)c(C)c1.[Cl-]. The Morgan fingerprint density at radius 2 is 1.52 bits per heavy atom. The van der Waals surface area contributed by atoms with E-state index in [1.165, 1.54) is 56.9 Å². The van der Waals surface area contributed by atoms with Crippen LogP contribution in [0.25, 0.3) is 0 Å². The minimum atomic E-state index is -2.05. The number of ether oxygens (including phenoxy) is 1. The standard InChI is InChI=1S/C25H36N3.C10H11NO3.3ClH.Ru/c1-17-10-19(3)24(20(4)11-17)26-14-23(15-28(7,8)9)27(16-26)25-21(5)12-18(2)13-22(25)6;1-7(2)14-10-5-4-9(11(12)13)6-8(10)3;;;;/h10-13,23H,14-15H2,1-9H3;3-7H,1-2H3;3*1H;/q+1;;;;;+2/p-3. The summed E-state index contributed by atoms with van der Waals surface area (Å²) in [5.41, 5.74) is 11.2. The third-order valence-electron chi connectivity index (χ3n) is 7.28. The first-order valence-electron chi connectivity index (χ1n) is 14.9. The molecule has 0 saturated heterocycles. The summed E-state index contributed by atoms with van der Waals surface area (Å²) in [6.45, 7) is 19.0. The summed E-state index contributed by atoms with van der Waals surface area (Å²) in [6.07, 6.45) is 3.74. The van der Waals surface area contributed by atoms with Crippen molar-refractivity contribution in [3.63, 3.8) is 0 Å². The van der Waals surface area contributed by atoms with Crippen molar-refractivity contribution >= 4 is 47.4 Å². The Morgan fingerprint density at radius 1 is 1.00 bits per heavy atom. The molecule has 0 amide bonds. The summed E-state index contributed by atoms with van der Waals surface area (Å²) in [6, 6.07) is 13.9. The van der Waals surface area contributed by atoms with Crippen molar-refractivity contribution in [3.8, 4) is 5.75 Å². The van der Waals surface area contributed by atoms with E-state index in [0.29, 0.717) is 17.4 Å². The van der Waals surface area contributed by atoms with Gasteiger partial charge in [-0.2, -0.15) is 0 Å². The van der Waals surface area contributed by atoms with Crippen molar-refractivity contribution in [1.29, 1.82) is 0 Å². The van der Waals surface area contributed by atoms with Gasteiger partial charge < -0.3 is 26.4 Å². The molecule has 1 atom stereocenters. The van der Waals surface area contributed by atoms with Gasteiger partial charge in [0.25, 0.3) is 0 Å². The number of non-ortho nitro benzene ring substituents is 1. The molecule has 0 bridgehead atoms. The number of hydrogen-bond donors (Lipinski definition) is 0. The summed E-state index contributed by atoms with van der Waals surface area (Å²) in [5, 5.41) is 10.7. The number of anilines is 1. The molecule has 0 fully saturated rings.